The highest BCUT2D eigenvalue weighted by atomic mass is 16.5. The topological polar surface area (TPSA) is 51.8 Å². The number of nitrogens with zero attached hydrogens (tertiary/aromatic N) is 1. The smallest absolute Gasteiger partial charge is 0.336 e. The number of fused-ring (bicyclic) bond motifs is 1. The second-order valence-corrected chi connectivity index (χ2v) is 4.92. The molecule has 0 radical (unpaired) electrons. The Kier molecular flexibility index (Phi) is 3.54. The Bertz CT molecular complexity index is 657. The third-order valence-corrected chi connectivity index (χ3v) is 3.47. The Hall–Kier alpha value is -2.10. The maximum absolute atomic E-state index is 11.4. The van der Waals surface area contributed by atoms with Crippen molar-refractivity contribution in [2.24, 2.45) is 4.99 Å². The lowest BCUT2D eigenvalue weighted by Gasteiger charge is -2.01. The van der Waals surface area contributed by atoms with Crippen molar-refractivity contribution in [3.05, 3.63) is 36.1 Å². The molecule has 0 amide bonds. The van der Waals surface area contributed by atoms with E-state index in [0.29, 0.717) is 6.61 Å². The highest BCUT2D eigenvalue weighted by molar-refractivity contribution is 6.16. The van der Waals surface area contributed by atoms with Gasteiger partial charge in [-0.15, -0.1) is 0 Å². The van der Waals surface area contributed by atoms with Gasteiger partial charge in [-0.3, -0.25) is 4.99 Å². The number of ether oxygens (including phenoxy) is 1. The summed E-state index contributed by atoms with van der Waals surface area (Å²) < 4.78 is 10.3. The van der Waals surface area contributed by atoms with Crippen molar-refractivity contribution in [3.8, 4) is 0 Å². The number of aryl methyl sites for hydroxylation is 1. The Labute approximate surface area is 117 Å². The predicted molar refractivity (Wildman–Crippen MR) is 77.0 cm³/mol. The fourth-order valence-electron chi connectivity index (χ4n) is 2.39. The lowest BCUT2D eigenvalue weighted by atomic mass is 10.0. The molecule has 0 saturated carbocycles. The van der Waals surface area contributed by atoms with Gasteiger partial charge in [0.2, 0.25) is 0 Å². The summed E-state index contributed by atoms with van der Waals surface area (Å²) in [6.45, 7) is 2.23. The van der Waals surface area contributed by atoms with Gasteiger partial charge >= 0.3 is 5.97 Å². The monoisotopic (exact) mass is 271 g/mol. The van der Waals surface area contributed by atoms with Crippen LogP contribution in [-0.2, 0) is 16.0 Å². The van der Waals surface area contributed by atoms with E-state index in [-0.39, 0.29) is 12.0 Å². The maximum atomic E-state index is 11.4. The molecular weight excluding hydrogens is 254 g/mol. The SMILES string of the molecule is CCOC(=O)C1N=C1CCCc1ccc2occc2c1. The standard InChI is InChI=1S/C16H17NO3/c1-2-19-16(18)15-13(17-15)5-3-4-11-6-7-14-12(10-11)8-9-20-14/h6-10,15H,2-5H2,1H3. The lowest BCUT2D eigenvalue weighted by molar-refractivity contribution is -0.142. The number of hydrogen-bond acceptors (Lipinski definition) is 4. The van der Waals surface area contributed by atoms with Gasteiger partial charge in [-0.2, -0.15) is 0 Å². The summed E-state index contributed by atoms with van der Waals surface area (Å²) in [5.74, 6) is -0.206. The normalized spacial score (nSPS) is 17.1. The van der Waals surface area contributed by atoms with E-state index in [1.807, 2.05) is 19.1 Å². The van der Waals surface area contributed by atoms with E-state index in [1.54, 1.807) is 6.26 Å². The maximum Gasteiger partial charge on any atom is 0.336 e. The molecule has 1 atom stereocenters. The number of rotatable bonds is 6. The largest absolute Gasteiger partial charge is 0.464 e. The van der Waals surface area contributed by atoms with E-state index in [4.69, 9.17) is 9.15 Å². The number of hydrogen-bond donors (Lipinski definition) is 0. The molecule has 0 bridgehead atoms. The summed E-state index contributed by atoms with van der Waals surface area (Å²) in [5.41, 5.74) is 3.18. The highest BCUT2D eigenvalue weighted by Crippen LogP contribution is 2.21. The van der Waals surface area contributed by atoms with E-state index >= 15 is 0 Å². The Morgan fingerprint density at radius 3 is 3.10 bits per heavy atom. The highest BCUT2D eigenvalue weighted by Gasteiger charge is 2.35. The second kappa shape index (κ2) is 5.49. The minimum atomic E-state index is -0.286. The fraction of sp³-hybridized carbons (Fsp3) is 0.375. The molecule has 3 rings (SSSR count). The molecule has 20 heavy (non-hydrogen) atoms. The van der Waals surface area contributed by atoms with Gasteiger partial charge in [0.1, 0.15) is 5.58 Å². The van der Waals surface area contributed by atoms with Gasteiger partial charge in [0.15, 0.2) is 6.04 Å². The van der Waals surface area contributed by atoms with E-state index in [2.05, 4.69) is 17.1 Å². The van der Waals surface area contributed by atoms with Gasteiger partial charge in [0.25, 0.3) is 0 Å². The third kappa shape index (κ3) is 2.74. The first kappa shape index (κ1) is 12.9. The van der Waals surface area contributed by atoms with Crippen LogP contribution in [0.4, 0.5) is 0 Å². The lowest BCUT2D eigenvalue weighted by Crippen LogP contribution is -2.16. The van der Waals surface area contributed by atoms with Gasteiger partial charge in [-0.25, -0.2) is 4.79 Å². The van der Waals surface area contributed by atoms with E-state index in [9.17, 15) is 4.79 Å². The second-order valence-electron chi connectivity index (χ2n) is 4.92. The van der Waals surface area contributed by atoms with E-state index in [1.165, 1.54) is 5.56 Å². The van der Waals surface area contributed by atoms with Crippen LogP contribution in [0, 0.1) is 0 Å². The van der Waals surface area contributed by atoms with Crippen molar-refractivity contribution in [2.75, 3.05) is 6.61 Å². The number of furan rings is 1. The number of esters is 1. The summed E-state index contributed by atoms with van der Waals surface area (Å²) in [5, 5.41) is 1.13. The van der Waals surface area contributed by atoms with Crippen molar-refractivity contribution in [3.63, 3.8) is 0 Å². The van der Waals surface area contributed by atoms with Gasteiger partial charge < -0.3 is 9.15 Å². The predicted octanol–water partition coefficient (Wildman–Crippen LogP) is 3.14. The molecule has 2 heterocycles. The molecule has 1 aromatic heterocycles. The summed E-state index contributed by atoms with van der Waals surface area (Å²) in [7, 11) is 0. The molecule has 1 aromatic carbocycles. The molecule has 1 aliphatic heterocycles. The number of carbonyl (C=O) groups is 1. The number of benzene rings is 1. The molecule has 0 fully saturated rings. The molecule has 4 heteroatoms. The van der Waals surface area contributed by atoms with Crippen LogP contribution in [0.25, 0.3) is 11.0 Å². The molecule has 0 spiro atoms. The first-order valence-electron chi connectivity index (χ1n) is 6.97. The zero-order valence-corrected chi connectivity index (χ0v) is 11.5. The zero-order valence-electron chi connectivity index (χ0n) is 11.5. The third-order valence-electron chi connectivity index (χ3n) is 3.47. The summed E-state index contributed by atoms with van der Waals surface area (Å²) in [6.07, 6.45) is 4.55. The van der Waals surface area contributed by atoms with E-state index in [0.717, 1.165) is 35.9 Å². The molecular formula is C16H17NO3. The van der Waals surface area contributed by atoms with Crippen LogP contribution in [0.1, 0.15) is 25.3 Å². The molecule has 1 aliphatic rings. The van der Waals surface area contributed by atoms with Crippen LogP contribution >= 0.6 is 0 Å². The number of aliphatic imine (C=N–C) groups is 1. The summed E-state index contributed by atoms with van der Waals surface area (Å²) in [4.78, 5) is 15.6. The first-order chi connectivity index (χ1) is 9.78. The Morgan fingerprint density at radius 2 is 2.25 bits per heavy atom. The minimum Gasteiger partial charge on any atom is -0.464 e. The Balaban J connectivity index is 1.46. The van der Waals surface area contributed by atoms with Gasteiger partial charge in [0.05, 0.1) is 12.9 Å². The van der Waals surface area contributed by atoms with Crippen LogP contribution in [-0.4, -0.2) is 24.3 Å². The van der Waals surface area contributed by atoms with Crippen LogP contribution < -0.4 is 0 Å². The summed E-state index contributed by atoms with van der Waals surface area (Å²) in [6, 6.07) is 7.92. The first-order valence-corrected chi connectivity index (χ1v) is 6.97. The molecule has 1 unspecified atom stereocenters. The van der Waals surface area contributed by atoms with Gasteiger partial charge in [0, 0.05) is 11.1 Å². The minimum absolute atomic E-state index is 0.206. The molecule has 104 valence electrons. The Morgan fingerprint density at radius 1 is 1.35 bits per heavy atom. The molecule has 4 nitrogen and oxygen atoms in total. The van der Waals surface area contributed by atoms with Crippen molar-refractivity contribution in [2.45, 2.75) is 32.2 Å². The van der Waals surface area contributed by atoms with Crippen LogP contribution in [0.15, 0.2) is 39.9 Å². The molecule has 0 saturated heterocycles. The average Bonchev–Trinajstić information content (AvgIpc) is 3.07. The average molecular weight is 271 g/mol. The van der Waals surface area contributed by atoms with E-state index < -0.39 is 0 Å². The van der Waals surface area contributed by atoms with Crippen LogP contribution in [0.2, 0.25) is 0 Å². The van der Waals surface area contributed by atoms with Crippen molar-refractivity contribution < 1.29 is 13.9 Å². The number of carbonyl (C=O) groups excluding carboxylic acids is 1. The molecule has 2 aromatic rings. The summed E-state index contributed by atoms with van der Waals surface area (Å²) >= 11 is 0. The van der Waals surface area contributed by atoms with Crippen LogP contribution in [0.5, 0.6) is 0 Å². The fourth-order valence-corrected chi connectivity index (χ4v) is 2.39. The van der Waals surface area contributed by atoms with Gasteiger partial charge in [-0.1, -0.05) is 6.07 Å². The van der Waals surface area contributed by atoms with Crippen LogP contribution in [0.3, 0.4) is 0 Å². The van der Waals surface area contributed by atoms with Crippen molar-refractivity contribution >= 4 is 22.7 Å². The quantitative estimate of drug-likeness (QED) is 0.758. The van der Waals surface area contributed by atoms with Gasteiger partial charge in [-0.05, 0) is 49.9 Å². The van der Waals surface area contributed by atoms with Crippen molar-refractivity contribution in [1.29, 1.82) is 0 Å². The zero-order chi connectivity index (χ0) is 13.9. The van der Waals surface area contributed by atoms with Crippen molar-refractivity contribution in [1.82, 2.24) is 0 Å². The molecule has 0 aliphatic carbocycles. The molecule has 0 N–H and O–H groups in total.